The number of aromatic nitrogens is 1. The summed E-state index contributed by atoms with van der Waals surface area (Å²) in [5.74, 6) is -1.22. The molecule has 0 saturated carbocycles. The predicted molar refractivity (Wildman–Crippen MR) is 109 cm³/mol. The van der Waals surface area contributed by atoms with E-state index in [2.05, 4.69) is 13.9 Å². The number of benzene rings is 2. The van der Waals surface area contributed by atoms with Gasteiger partial charge in [0, 0.05) is 22.6 Å². The van der Waals surface area contributed by atoms with Crippen molar-refractivity contribution in [2.45, 2.75) is 16.3 Å². The maximum absolute atomic E-state index is 11.6. The fourth-order valence-electron chi connectivity index (χ4n) is 3.68. The van der Waals surface area contributed by atoms with Gasteiger partial charge in [-0.3, -0.25) is 4.55 Å². The summed E-state index contributed by atoms with van der Waals surface area (Å²) in [4.78, 5) is 13.1. The molecular formula is C18H12N2O9S3. The fraction of sp³-hybridized carbons (Fsp3) is 0.111. The van der Waals surface area contributed by atoms with Crippen LogP contribution in [0, 0.1) is 0 Å². The number of aromatic carboxylic acids is 1. The van der Waals surface area contributed by atoms with E-state index in [1.54, 1.807) is 17.0 Å². The number of hydrogen-bond donors (Lipinski definition) is 2. The Hall–Kier alpha value is -2.72. The quantitative estimate of drug-likeness (QED) is 0.174. The lowest BCUT2D eigenvalue weighted by atomic mass is 10.1. The fourth-order valence-corrected chi connectivity index (χ4v) is 5.98. The Morgan fingerprint density at radius 3 is 2.84 bits per heavy atom. The van der Waals surface area contributed by atoms with Crippen LogP contribution < -0.4 is 19.3 Å². The number of hydrogen-bond acceptors (Lipinski definition) is 11. The molecule has 14 heteroatoms. The molecule has 11 nitrogen and oxygen atoms in total. The zero-order valence-corrected chi connectivity index (χ0v) is 18.2. The summed E-state index contributed by atoms with van der Waals surface area (Å²) in [6, 6.07) is 7.69. The minimum Gasteiger partial charge on any atom is -0.545 e. The lowest BCUT2D eigenvalue weighted by Gasteiger charge is -2.16. The highest BCUT2D eigenvalue weighted by molar-refractivity contribution is 7.94. The molecule has 0 unspecified atom stereocenters. The molecule has 0 amide bonds. The van der Waals surface area contributed by atoms with Crippen molar-refractivity contribution >= 4 is 61.4 Å². The molecule has 3 heterocycles. The number of nitrogens with zero attached hydrogens (tertiary/aromatic N) is 2. The predicted octanol–water partition coefficient (Wildman–Crippen LogP) is 1.44. The highest BCUT2D eigenvalue weighted by Crippen LogP contribution is 2.43. The van der Waals surface area contributed by atoms with E-state index in [-0.39, 0.29) is 5.75 Å². The molecule has 0 bridgehead atoms. The highest BCUT2D eigenvalue weighted by atomic mass is 32.2. The van der Waals surface area contributed by atoms with Crippen LogP contribution in [-0.4, -0.2) is 30.7 Å². The zero-order valence-electron chi connectivity index (χ0n) is 15.7. The second-order valence-corrected chi connectivity index (χ2v) is 9.99. The molecule has 0 aliphatic carbocycles. The third-order valence-corrected chi connectivity index (χ3v) is 7.55. The van der Waals surface area contributed by atoms with Gasteiger partial charge in [-0.15, -0.1) is 4.33 Å². The van der Waals surface area contributed by atoms with Crippen molar-refractivity contribution in [3.8, 4) is 5.75 Å². The topological polar surface area (TPSA) is 150 Å². The number of thiazole rings is 1. The van der Waals surface area contributed by atoms with Gasteiger partial charge in [-0.1, -0.05) is 16.4 Å². The van der Waals surface area contributed by atoms with Crippen molar-refractivity contribution < 1.29 is 46.8 Å². The van der Waals surface area contributed by atoms with Gasteiger partial charge in [0.2, 0.25) is 11.4 Å². The Bertz CT molecular complexity index is 1410. The van der Waals surface area contributed by atoms with E-state index in [4.69, 9.17) is 9.99 Å². The van der Waals surface area contributed by atoms with E-state index in [1.165, 1.54) is 11.3 Å². The molecule has 0 fully saturated rings. The number of fused-ring (bicyclic) bond motifs is 6. The Labute approximate surface area is 188 Å². The lowest BCUT2D eigenvalue weighted by molar-refractivity contribution is -0.665. The minimum absolute atomic E-state index is 0.114. The normalized spacial score (nSPS) is 14.9. The van der Waals surface area contributed by atoms with Crippen molar-refractivity contribution in [2.24, 2.45) is 0 Å². The van der Waals surface area contributed by atoms with Crippen LogP contribution in [-0.2, 0) is 26.0 Å². The van der Waals surface area contributed by atoms with Gasteiger partial charge in [0.25, 0.3) is 15.1 Å². The molecule has 1 aromatic heterocycles. The molecule has 2 N–H and O–H groups in total. The summed E-state index contributed by atoms with van der Waals surface area (Å²) < 4.78 is 46.0. The number of rotatable bonds is 5. The number of carbonyl (C=O) groups excluding carboxylic acids is 1. The van der Waals surface area contributed by atoms with Gasteiger partial charge in [0.05, 0.1) is 36.3 Å². The Morgan fingerprint density at radius 2 is 2.12 bits per heavy atom. The molecule has 2 aromatic carbocycles. The molecule has 0 saturated heterocycles. The van der Waals surface area contributed by atoms with Gasteiger partial charge in [-0.25, -0.2) is 5.26 Å². The summed E-state index contributed by atoms with van der Waals surface area (Å²) in [6.07, 6.45) is 1.77. The monoisotopic (exact) mass is 496 g/mol. The second-order valence-electron chi connectivity index (χ2n) is 6.76. The van der Waals surface area contributed by atoms with Crippen molar-refractivity contribution in [1.82, 2.24) is 0 Å². The van der Waals surface area contributed by atoms with Crippen LogP contribution in [0.2, 0.25) is 0 Å². The average molecular weight is 497 g/mol. The van der Waals surface area contributed by atoms with Gasteiger partial charge >= 0.3 is 0 Å². The van der Waals surface area contributed by atoms with Crippen LogP contribution in [0.15, 0.2) is 46.0 Å². The van der Waals surface area contributed by atoms with E-state index in [0.717, 1.165) is 44.3 Å². The number of carboxylic acids is 1. The first kappa shape index (κ1) is 21.1. The molecule has 0 spiro atoms. The van der Waals surface area contributed by atoms with Gasteiger partial charge in [0.1, 0.15) is 9.60 Å². The van der Waals surface area contributed by atoms with E-state index in [0.29, 0.717) is 24.7 Å². The summed E-state index contributed by atoms with van der Waals surface area (Å²) in [5.41, 5.74) is 0.671. The first-order chi connectivity index (χ1) is 15.3. The highest BCUT2D eigenvalue weighted by Gasteiger charge is 2.35. The Kier molecular flexibility index (Phi) is 5.09. The summed E-state index contributed by atoms with van der Waals surface area (Å²) >= 11 is 2.33. The van der Waals surface area contributed by atoms with E-state index < -0.39 is 26.5 Å². The molecule has 0 radical (unpaired) electrons. The standard InChI is InChI=1S/C18H12N2O9S3/c21-18(22)10-6-12-13(7-15(10)32(24,25)26)27-16-8-17-20(4-3-19(12)16)11-2-1-9(31-29-28-23)5-14(11)30-17/h1-2,5-8H,3-4H2,(H2-,21,22,23,24,25,26). The SMILES string of the molecule is O=C([O-])c1cc2c(cc1S(=O)(=O)O)OC1=Cc3sc4cc(SOOO)ccc4[n+]3CCN12. The molecule has 0 atom stereocenters. The summed E-state index contributed by atoms with van der Waals surface area (Å²) in [5, 5.41) is 24.3. The van der Waals surface area contributed by atoms with Gasteiger partial charge in [0.15, 0.2) is 12.3 Å². The van der Waals surface area contributed by atoms with Crippen LogP contribution in [0.25, 0.3) is 16.3 Å². The third-order valence-electron chi connectivity index (χ3n) is 4.99. The second kappa shape index (κ2) is 7.70. The maximum atomic E-state index is 11.6. The van der Waals surface area contributed by atoms with E-state index in [1.807, 2.05) is 12.1 Å². The first-order valence-corrected chi connectivity index (χ1v) is 11.9. The van der Waals surface area contributed by atoms with Gasteiger partial charge in [-0.05, 0) is 18.2 Å². The molecule has 2 aliphatic heterocycles. The van der Waals surface area contributed by atoms with Crippen LogP contribution in [0.5, 0.6) is 5.75 Å². The average Bonchev–Trinajstić information content (AvgIpc) is 3.19. The Balaban J connectivity index is 1.57. The van der Waals surface area contributed by atoms with E-state index in [9.17, 15) is 22.9 Å². The van der Waals surface area contributed by atoms with Crippen molar-refractivity contribution in [2.75, 3.05) is 11.4 Å². The molecule has 2 aliphatic rings. The molecule has 32 heavy (non-hydrogen) atoms. The van der Waals surface area contributed by atoms with Gasteiger partial charge < -0.3 is 19.5 Å². The molecule has 166 valence electrons. The first-order valence-electron chi connectivity index (χ1n) is 8.91. The van der Waals surface area contributed by atoms with Crippen molar-refractivity contribution in [1.29, 1.82) is 0 Å². The lowest BCUT2D eigenvalue weighted by Crippen LogP contribution is -2.39. The van der Waals surface area contributed by atoms with Gasteiger partial charge in [-0.2, -0.15) is 13.0 Å². The van der Waals surface area contributed by atoms with Crippen LogP contribution in [0.1, 0.15) is 15.4 Å². The maximum Gasteiger partial charge on any atom is 0.295 e. The zero-order chi connectivity index (χ0) is 22.6. The molecular weight excluding hydrogens is 484 g/mol. The van der Waals surface area contributed by atoms with Crippen LogP contribution in [0.4, 0.5) is 5.69 Å². The minimum atomic E-state index is -4.79. The van der Waals surface area contributed by atoms with Crippen LogP contribution >= 0.6 is 23.4 Å². The third kappa shape index (κ3) is 3.51. The largest absolute Gasteiger partial charge is 0.545 e. The van der Waals surface area contributed by atoms with Crippen LogP contribution in [0.3, 0.4) is 0 Å². The number of carboxylic acid groups (broad SMARTS) is 1. The van der Waals surface area contributed by atoms with Crippen molar-refractivity contribution in [3.63, 3.8) is 0 Å². The number of ether oxygens (including phenoxy) is 1. The summed E-state index contributed by atoms with van der Waals surface area (Å²) in [7, 11) is -4.79. The summed E-state index contributed by atoms with van der Waals surface area (Å²) in [6.45, 7) is 0.944. The smallest absolute Gasteiger partial charge is 0.295 e. The molecule has 5 rings (SSSR count). The molecule has 3 aromatic rings. The van der Waals surface area contributed by atoms with Crippen molar-refractivity contribution in [3.05, 3.63) is 46.8 Å². The van der Waals surface area contributed by atoms with E-state index >= 15 is 0 Å². The Morgan fingerprint density at radius 1 is 1.31 bits per heavy atom. The number of anilines is 1. The number of carbonyl (C=O) groups is 1.